The molecule has 0 radical (unpaired) electrons. The number of carbonyl (C=O) groups is 1. The lowest BCUT2D eigenvalue weighted by Gasteiger charge is -2.10. The molecule has 152 valence electrons. The third-order valence-corrected chi connectivity index (χ3v) is 5.05. The number of carbonyl (C=O) groups excluding carboxylic acids is 1. The van der Waals surface area contributed by atoms with Crippen LogP contribution in [-0.4, -0.2) is 20.0 Å². The molecule has 0 atom stereocenters. The molecule has 2 aromatic heterocycles. The number of rotatable bonds is 5. The molecule has 2 aromatic carbocycles. The molecule has 1 amide bonds. The van der Waals surface area contributed by atoms with E-state index in [9.17, 15) is 14.0 Å². The highest BCUT2D eigenvalue weighted by Crippen LogP contribution is 2.27. The molecular weight excluding hydrogens is 383 g/mol. The molecule has 0 fully saturated rings. The molecular formula is C23H21FN4O2. The Labute approximate surface area is 172 Å². The van der Waals surface area contributed by atoms with Crippen molar-refractivity contribution in [1.82, 2.24) is 14.1 Å². The highest BCUT2D eigenvalue weighted by atomic mass is 19.1. The maximum Gasteiger partial charge on any atom is 0.277 e. The van der Waals surface area contributed by atoms with Gasteiger partial charge in [0.05, 0.1) is 6.33 Å². The van der Waals surface area contributed by atoms with Crippen molar-refractivity contribution in [3.05, 3.63) is 82.8 Å². The fraction of sp³-hybridized carbons (Fsp3) is 0.174. The van der Waals surface area contributed by atoms with E-state index in [0.29, 0.717) is 23.3 Å². The summed E-state index contributed by atoms with van der Waals surface area (Å²) in [5.41, 5.74) is 3.55. The maximum absolute atomic E-state index is 13.6. The first kappa shape index (κ1) is 19.6. The van der Waals surface area contributed by atoms with Gasteiger partial charge in [0.25, 0.3) is 5.56 Å². The summed E-state index contributed by atoms with van der Waals surface area (Å²) in [6.45, 7) is 4.03. The number of nitrogens with zero attached hydrogens (tertiary/aromatic N) is 3. The van der Waals surface area contributed by atoms with Crippen molar-refractivity contribution in [2.45, 2.75) is 26.9 Å². The number of hydrogen-bond donors (Lipinski definition) is 1. The number of amides is 1. The minimum absolute atomic E-state index is 0.0933. The minimum atomic E-state index is -0.427. The van der Waals surface area contributed by atoms with Gasteiger partial charge in [0.15, 0.2) is 0 Å². The average Bonchev–Trinajstić information content (AvgIpc) is 3.10. The highest BCUT2D eigenvalue weighted by molar-refractivity contribution is 5.96. The second-order valence-corrected chi connectivity index (χ2v) is 7.08. The van der Waals surface area contributed by atoms with E-state index < -0.39 is 5.82 Å². The van der Waals surface area contributed by atoms with Crippen LogP contribution in [0.4, 0.5) is 10.1 Å². The number of anilines is 1. The highest BCUT2D eigenvalue weighted by Gasteiger charge is 2.18. The van der Waals surface area contributed by atoms with Crippen molar-refractivity contribution in [3.8, 4) is 11.1 Å². The Morgan fingerprint density at radius 2 is 1.90 bits per heavy atom. The van der Waals surface area contributed by atoms with Gasteiger partial charge < -0.3 is 9.88 Å². The molecule has 0 unspecified atom stereocenters. The SMILES string of the molecule is CCn1cnc2c(-c3ccccc3)cn(CC(=O)Nc3cc(F)ccc3C)c2c1=O. The second kappa shape index (κ2) is 7.94. The number of halogens is 1. The van der Waals surface area contributed by atoms with Crippen LogP contribution in [0.25, 0.3) is 22.2 Å². The van der Waals surface area contributed by atoms with E-state index in [4.69, 9.17) is 0 Å². The second-order valence-electron chi connectivity index (χ2n) is 7.08. The number of fused-ring (bicyclic) bond motifs is 1. The first-order valence-electron chi connectivity index (χ1n) is 9.67. The van der Waals surface area contributed by atoms with Gasteiger partial charge >= 0.3 is 0 Å². The first-order chi connectivity index (χ1) is 14.5. The Morgan fingerprint density at radius 3 is 2.63 bits per heavy atom. The zero-order valence-electron chi connectivity index (χ0n) is 16.7. The van der Waals surface area contributed by atoms with Crippen LogP contribution in [0.1, 0.15) is 12.5 Å². The van der Waals surface area contributed by atoms with Gasteiger partial charge in [-0.1, -0.05) is 36.4 Å². The number of hydrogen-bond acceptors (Lipinski definition) is 3. The van der Waals surface area contributed by atoms with Gasteiger partial charge in [0.1, 0.15) is 23.4 Å². The zero-order valence-corrected chi connectivity index (χ0v) is 16.7. The van der Waals surface area contributed by atoms with Gasteiger partial charge in [-0.2, -0.15) is 0 Å². The lowest BCUT2D eigenvalue weighted by molar-refractivity contribution is -0.116. The van der Waals surface area contributed by atoms with E-state index in [2.05, 4.69) is 10.3 Å². The van der Waals surface area contributed by atoms with Gasteiger partial charge in [-0.25, -0.2) is 9.37 Å². The summed E-state index contributed by atoms with van der Waals surface area (Å²) in [5, 5.41) is 2.73. The largest absolute Gasteiger partial charge is 0.332 e. The average molecular weight is 404 g/mol. The molecule has 2 heterocycles. The van der Waals surface area contributed by atoms with Gasteiger partial charge in [-0.3, -0.25) is 14.2 Å². The molecule has 0 saturated carbocycles. The number of aryl methyl sites for hydroxylation is 2. The van der Waals surface area contributed by atoms with Gasteiger partial charge in [0, 0.05) is 24.0 Å². The minimum Gasteiger partial charge on any atom is -0.332 e. The zero-order chi connectivity index (χ0) is 21.3. The summed E-state index contributed by atoms with van der Waals surface area (Å²) in [6, 6.07) is 13.8. The van der Waals surface area contributed by atoms with E-state index in [1.165, 1.54) is 23.0 Å². The molecule has 0 aliphatic carbocycles. The Balaban J connectivity index is 1.77. The summed E-state index contributed by atoms with van der Waals surface area (Å²) in [7, 11) is 0. The van der Waals surface area contributed by atoms with E-state index in [-0.39, 0.29) is 18.0 Å². The molecule has 1 N–H and O–H groups in total. The molecule has 0 spiro atoms. The molecule has 0 aliphatic heterocycles. The van der Waals surface area contributed by atoms with E-state index in [0.717, 1.165) is 16.7 Å². The fourth-order valence-electron chi connectivity index (χ4n) is 3.47. The molecule has 0 bridgehead atoms. The summed E-state index contributed by atoms with van der Waals surface area (Å²) in [5.74, 6) is -0.782. The quantitative estimate of drug-likeness (QED) is 0.547. The van der Waals surface area contributed by atoms with Crippen molar-refractivity contribution in [3.63, 3.8) is 0 Å². The van der Waals surface area contributed by atoms with Crippen LogP contribution in [0.5, 0.6) is 0 Å². The number of benzene rings is 2. The lowest BCUT2D eigenvalue weighted by atomic mass is 10.1. The Morgan fingerprint density at radius 1 is 1.13 bits per heavy atom. The summed E-state index contributed by atoms with van der Waals surface area (Å²) in [6.07, 6.45) is 3.30. The van der Waals surface area contributed by atoms with Gasteiger partial charge in [0.2, 0.25) is 5.91 Å². The molecule has 0 saturated heterocycles. The number of aromatic nitrogens is 3. The normalized spacial score (nSPS) is 11.0. The topological polar surface area (TPSA) is 68.9 Å². The predicted octanol–water partition coefficient (Wildman–Crippen LogP) is 3.97. The van der Waals surface area contributed by atoms with Crippen molar-refractivity contribution >= 4 is 22.6 Å². The van der Waals surface area contributed by atoms with Crippen LogP contribution < -0.4 is 10.9 Å². The first-order valence-corrected chi connectivity index (χ1v) is 9.67. The van der Waals surface area contributed by atoms with E-state index in [1.807, 2.05) is 37.3 Å². The van der Waals surface area contributed by atoms with Gasteiger partial charge in [-0.15, -0.1) is 0 Å². The van der Waals surface area contributed by atoms with Crippen molar-refractivity contribution < 1.29 is 9.18 Å². The third kappa shape index (κ3) is 3.61. The monoisotopic (exact) mass is 404 g/mol. The molecule has 7 heteroatoms. The number of nitrogens with one attached hydrogen (secondary N) is 1. The Bertz CT molecular complexity index is 1290. The smallest absolute Gasteiger partial charge is 0.277 e. The van der Waals surface area contributed by atoms with Crippen LogP contribution in [-0.2, 0) is 17.9 Å². The van der Waals surface area contributed by atoms with Gasteiger partial charge in [-0.05, 0) is 37.1 Å². The maximum atomic E-state index is 13.6. The van der Waals surface area contributed by atoms with Crippen LogP contribution in [0.2, 0.25) is 0 Å². The summed E-state index contributed by atoms with van der Waals surface area (Å²) >= 11 is 0. The van der Waals surface area contributed by atoms with Crippen molar-refractivity contribution in [2.75, 3.05) is 5.32 Å². The summed E-state index contributed by atoms with van der Waals surface area (Å²) < 4.78 is 16.7. The standard InChI is InChI=1S/C23H21FN4O2/c1-3-27-14-25-21-18(16-7-5-4-6-8-16)12-28(22(21)23(27)30)13-20(29)26-19-11-17(24)10-9-15(19)2/h4-12,14H,3,13H2,1-2H3,(H,26,29). The van der Waals surface area contributed by atoms with Crippen molar-refractivity contribution in [1.29, 1.82) is 0 Å². The molecule has 6 nitrogen and oxygen atoms in total. The van der Waals surface area contributed by atoms with E-state index >= 15 is 0 Å². The van der Waals surface area contributed by atoms with Crippen molar-refractivity contribution in [2.24, 2.45) is 0 Å². The van der Waals surface area contributed by atoms with E-state index in [1.54, 1.807) is 23.8 Å². The van der Waals surface area contributed by atoms with Crippen LogP contribution in [0, 0.1) is 12.7 Å². The summed E-state index contributed by atoms with van der Waals surface area (Å²) in [4.78, 5) is 30.2. The fourth-order valence-corrected chi connectivity index (χ4v) is 3.47. The van der Waals surface area contributed by atoms with Crippen LogP contribution in [0.3, 0.4) is 0 Å². The molecule has 4 rings (SSSR count). The van der Waals surface area contributed by atoms with Crippen LogP contribution in [0.15, 0.2) is 65.8 Å². The predicted molar refractivity (Wildman–Crippen MR) is 115 cm³/mol. The Hall–Kier alpha value is -3.74. The molecule has 0 aliphatic rings. The molecule has 30 heavy (non-hydrogen) atoms. The molecule has 4 aromatic rings. The van der Waals surface area contributed by atoms with Crippen LogP contribution >= 0.6 is 0 Å². The Kier molecular flexibility index (Phi) is 5.18. The third-order valence-electron chi connectivity index (χ3n) is 5.05. The lowest BCUT2D eigenvalue weighted by Crippen LogP contribution is -2.24.